The molecule has 0 amide bonds. The minimum absolute atomic E-state index is 0.177. The SMILES string of the molecule is C=CCCCn1c(C)ccc(C(=O)O)c1=O. The molecule has 4 nitrogen and oxygen atoms in total. The molecule has 0 fully saturated rings. The molecule has 0 aromatic carbocycles. The zero-order chi connectivity index (χ0) is 12.1. The molecule has 0 aliphatic carbocycles. The summed E-state index contributed by atoms with van der Waals surface area (Å²) in [5, 5.41) is 8.82. The number of carbonyl (C=O) groups is 1. The van der Waals surface area contributed by atoms with E-state index in [0.717, 1.165) is 18.5 Å². The Morgan fingerprint density at radius 3 is 2.81 bits per heavy atom. The highest BCUT2D eigenvalue weighted by atomic mass is 16.4. The first-order chi connectivity index (χ1) is 7.57. The molecule has 4 heteroatoms. The van der Waals surface area contributed by atoms with E-state index in [9.17, 15) is 9.59 Å². The molecule has 0 unspecified atom stereocenters. The lowest BCUT2D eigenvalue weighted by molar-refractivity contribution is 0.0694. The minimum Gasteiger partial charge on any atom is -0.477 e. The zero-order valence-corrected chi connectivity index (χ0v) is 9.27. The van der Waals surface area contributed by atoms with Crippen LogP contribution in [0.1, 0.15) is 28.9 Å². The van der Waals surface area contributed by atoms with Gasteiger partial charge in [-0.2, -0.15) is 0 Å². The van der Waals surface area contributed by atoms with Gasteiger partial charge in [-0.3, -0.25) is 4.79 Å². The number of pyridine rings is 1. The fourth-order valence-electron chi connectivity index (χ4n) is 1.51. The van der Waals surface area contributed by atoms with E-state index in [2.05, 4.69) is 6.58 Å². The Morgan fingerprint density at radius 2 is 2.25 bits per heavy atom. The second kappa shape index (κ2) is 5.30. The number of unbranched alkanes of at least 4 members (excludes halogenated alkanes) is 1. The van der Waals surface area contributed by atoms with E-state index < -0.39 is 11.5 Å². The number of nitrogens with zero attached hydrogens (tertiary/aromatic N) is 1. The van der Waals surface area contributed by atoms with Crippen LogP contribution in [0.4, 0.5) is 0 Å². The summed E-state index contributed by atoms with van der Waals surface area (Å²) >= 11 is 0. The van der Waals surface area contributed by atoms with E-state index in [1.54, 1.807) is 19.1 Å². The van der Waals surface area contributed by atoms with Crippen molar-refractivity contribution in [2.24, 2.45) is 0 Å². The number of allylic oxidation sites excluding steroid dienone is 1. The first kappa shape index (κ1) is 12.2. The van der Waals surface area contributed by atoms with Crippen LogP contribution < -0.4 is 5.56 Å². The van der Waals surface area contributed by atoms with Crippen LogP contribution in [0.3, 0.4) is 0 Å². The van der Waals surface area contributed by atoms with Gasteiger partial charge in [0.1, 0.15) is 5.56 Å². The second-order valence-electron chi connectivity index (χ2n) is 3.58. The van der Waals surface area contributed by atoms with Crippen LogP contribution in [0, 0.1) is 6.92 Å². The summed E-state index contributed by atoms with van der Waals surface area (Å²) < 4.78 is 1.49. The lowest BCUT2D eigenvalue weighted by Gasteiger charge is -2.09. The van der Waals surface area contributed by atoms with Crippen molar-refractivity contribution in [1.82, 2.24) is 4.57 Å². The van der Waals surface area contributed by atoms with Gasteiger partial charge in [0, 0.05) is 12.2 Å². The average molecular weight is 221 g/mol. The summed E-state index contributed by atoms with van der Waals surface area (Å²) in [7, 11) is 0. The molecule has 1 aromatic heterocycles. The number of carboxylic acids is 1. The number of rotatable bonds is 5. The monoisotopic (exact) mass is 221 g/mol. The summed E-state index contributed by atoms with van der Waals surface area (Å²) in [6, 6.07) is 3.00. The molecular formula is C12H15NO3. The molecule has 86 valence electrons. The lowest BCUT2D eigenvalue weighted by Crippen LogP contribution is -2.27. The van der Waals surface area contributed by atoms with Gasteiger partial charge in [-0.15, -0.1) is 6.58 Å². The highest BCUT2D eigenvalue weighted by Crippen LogP contribution is 2.01. The Bertz CT molecular complexity index is 460. The second-order valence-corrected chi connectivity index (χ2v) is 3.58. The molecule has 1 N–H and O–H groups in total. The number of carboxylic acid groups (broad SMARTS) is 1. The number of hydrogen-bond donors (Lipinski definition) is 1. The third-order valence-electron chi connectivity index (χ3n) is 2.41. The van der Waals surface area contributed by atoms with Crippen molar-refractivity contribution in [2.75, 3.05) is 0 Å². The zero-order valence-electron chi connectivity index (χ0n) is 9.27. The smallest absolute Gasteiger partial charge is 0.341 e. The standard InChI is InChI=1S/C12H15NO3/c1-3-4-5-8-13-9(2)6-7-10(11(13)14)12(15)16/h3,6-7H,1,4-5,8H2,2H3,(H,15,16). The van der Waals surface area contributed by atoms with Crippen LogP contribution in [-0.2, 0) is 6.54 Å². The number of aryl methyl sites for hydroxylation is 1. The van der Waals surface area contributed by atoms with E-state index >= 15 is 0 Å². The first-order valence-electron chi connectivity index (χ1n) is 5.12. The molecule has 0 bridgehead atoms. The largest absolute Gasteiger partial charge is 0.477 e. The molecule has 0 atom stereocenters. The molecule has 1 aromatic rings. The van der Waals surface area contributed by atoms with Crippen molar-refractivity contribution in [3.8, 4) is 0 Å². The van der Waals surface area contributed by atoms with Crippen molar-refractivity contribution in [3.63, 3.8) is 0 Å². The fourth-order valence-corrected chi connectivity index (χ4v) is 1.51. The molecule has 16 heavy (non-hydrogen) atoms. The molecule has 1 heterocycles. The van der Waals surface area contributed by atoms with Gasteiger partial charge in [-0.05, 0) is 31.9 Å². The normalized spacial score (nSPS) is 10.1. The van der Waals surface area contributed by atoms with Gasteiger partial charge in [-0.25, -0.2) is 4.79 Å². The van der Waals surface area contributed by atoms with Gasteiger partial charge in [0.2, 0.25) is 0 Å². The van der Waals surface area contributed by atoms with E-state index in [-0.39, 0.29) is 5.56 Å². The Morgan fingerprint density at radius 1 is 1.56 bits per heavy atom. The maximum atomic E-state index is 11.8. The molecule has 1 rings (SSSR count). The van der Waals surface area contributed by atoms with Crippen LogP contribution in [0.15, 0.2) is 29.6 Å². The highest BCUT2D eigenvalue weighted by molar-refractivity contribution is 5.87. The van der Waals surface area contributed by atoms with Gasteiger partial charge >= 0.3 is 5.97 Å². The molecule has 0 spiro atoms. The van der Waals surface area contributed by atoms with Crippen LogP contribution >= 0.6 is 0 Å². The molecule has 0 saturated carbocycles. The molecule has 0 radical (unpaired) electrons. The van der Waals surface area contributed by atoms with Crippen LogP contribution in [-0.4, -0.2) is 15.6 Å². The summed E-state index contributed by atoms with van der Waals surface area (Å²) in [5.74, 6) is -1.18. The van der Waals surface area contributed by atoms with Crippen molar-refractivity contribution in [1.29, 1.82) is 0 Å². The first-order valence-corrected chi connectivity index (χ1v) is 5.12. The van der Waals surface area contributed by atoms with Crippen molar-refractivity contribution >= 4 is 5.97 Å². The van der Waals surface area contributed by atoms with Crippen LogP contribution in [0.2, 0.25) is 0 Å². The predicted molar refractivity (Wildman–Crippen MR) is 61.8 cm³/mol. The lowest BCUT2D eigenvalue weighted by atomic mass is 10.2. The predicted octanol–water partition coefficient (Wildman–Crippen LogP) is 1.82. The van der Waals surface area contributed by atoms with Gasteiger partial charge in [0.25, 0.3) is 5.56 Å². The third-order valence-corrected chi connectivity index (χ3v) is 2.41. The third kappa shape index (κ3) is 2.59. The maximum Gasteiger partial charge on any atom is 0.341 e. The van der Waals surface area contributed by atoms with E-state index in [1.807, 2.05) is 0 Å². The van der Waals surface area contributed by atoms with Crippen LogP contribution in [0.5, 0.6) is 0 Å². The Kier molecular flexibility index (Phi) is 4.05. The molecule has 0 aliphatic heterocycles. The van der Waals surface area contributed by atoms with Crippen LogP contribution in [0.25, 0.3) is 0 Å². The molecular weight excluding hydrogens is 206 g/mol. The van der Waals surface area contributed by atoms with Gasteiger partial charge in [0.05, 0.1) is 0 Å². The number of aromatic nitrogens is 1. The number of aromatic carboxylic acids is 1. The van der Waals surface area contributed by atoms with E-state index in [1.165, 1.54) is 10.6 Å². The quantitative estimate of drug-likeness (QED) is 0.609. The average Bonchev–Trinajstić information content (AvgIpc) is 2.22. The Balaban J connectivity index is 3.06. The Hall–Kier alpha value is -1.84. The summed E-state index contributed by atoms with van der Waals surface area (Å²) in [4.78, 5) is 22.6. The van der Waals surface area contributed by atoms with E-state index in [0.29, 0.717) is 6.54 Å². The topological polar surface area (TPSA) is 59.3 Å². The van der Waals surface area contributed by atoms with Gasteiger partial charge in [0.15, 0.2) is 0 Å². The minimum atomic E-state index is -1.18. The molecule has 0 saturated heterocycles. The van der Waals surface area contributed by atoms with Crippen molar-refractivity contribution < 1.29 is 9.90 Å². The maximum absolute atomic E-state index is 11.8. The van der Waals surface area contributed by atoms with Crippen molar-refractivity contribution in [2.45, 2.75) is 26.3 Å². The molecule has 0 aliphatic rings. The van der Waals surface area contributed by atoms with E-state index in [4.69, 9.17) is 5.11 Å². The summed E-state index contributed by atoms with van der Waals surface area (Å²) in [6.45, 7) is 5.92. The Labute approximate surface area is 93.8 Å². The number of hydrogen-bond acceptors (Lipinski definition) is 2. The fraction of sp³-hybridized carbons (Fsp3) is 0.333. The van der Waals surface area contributed by atoms with Crippen molar-refractivity contribution in [3.05, 3.63) is 46.4 Å². The summed E-state index contributed by atoms with van der Waals surface area (Å²) in [6.07, 6.45) is 3.37. The summed E-state index contributed by atoms with van der Waals surface area (Å²) in [5.41, 5.74) is 0.167. The van der Waals surface area contributed by atoms with Gasteiger partial charge < -0.3 is 9.67 Å². The van der Waals surface area contributed by atoms with Gasteiger partial charge in [-0.1, -0.05) is 6.08 Å². The highest BCUT2D eigenvalue weighted by Gasteiger charge is 2.11.